The number of rotatable bonds is 3. The number of carbonyl (C=O) groups is 1. The number of benzene rings is 1. The van der Waals surface area contributed by atoms with Gasteiger partial charge < -0.3 is 4.74 Å². The largest absolute Gasteiger partial charge is 0.426 e. The second kappa shape index (κ2) is 4.82. The van der Waals surface area contributed by atoms with Gasteiger partial charge >= 0.3 is 5.97 Å². The van der Waals surface area contributed by atoms with Gasteiger partial charge in [0.1, 0.15) is 5.75 Å². The summed E-state index contributed by atoms with van der Waals surface area (Å²) in [4.78, 5) is 10.8. The van der Waals surface area contributed by atoms with Crippen molar-refractivity contribution < 1.29 is 9.53 Å². The van der Waals surface area contributed by atoms with Crippen LogP contribution in [0.1, 0.15) is 18.1 Å². The molecule has 0 aliphatic rings. The van der Waals surface area contributed by atoms with Gasteiger partial charge in [0.25, 0.3) is 0 Å². The molecule has 0 saturated heterocycles. The molecule has 0 heterocycles. The maximum absolute atomic E-state index is 10.8. The van der Waals surface area contributed by atoms with E-state index in [1.807, 2.05) is 12.1 Å². The lowest BCUT2D eigenvalue weighted by Gasteiger charge is -2.06. The molecule has 14 heavy (non-hydrogen) atoms. The standard InChI is InChI=1S/C11H11ClO2/c1-3-10-6-9(7-12)4-5-11(10)14-8(2)13/h3-6H,1,7H2,2H3. The molecule has 0 amide bonds. The smallest absolute Gasteiger partial charge is 0.308 e. The first kappa shape index (κ1) is 10.8. The summed E-state index contributed by atoms with van der Waals surface area (Å²) in [6.45, 7) is 5.00. The van der Waals surface area contributed by atoms with Crippen molar-refractivity contribution in [2.24, 2.45) is 0 Å². The van der Waals surface area contributed by atoms with Gasteiger partial charge in [-0.25, -0.2) is 0 Å². The van der Waals surface area contributed by atoms with Gasteiger partial charge in [-0.15, -0.1) is 11.6 Å². The molecular weight excluding hydrogens is 200 g/mol. The zero-order valence-corrected chi connectivity index (χ0v) is 8.67. The zero-order chi connectivity index (χ0) is 10.6. The third kappa shape index (κ3) is 2.60. The molecule has 0 aliphatic carbocycles. The molecule has 0 atom stereocenters. The lowest BCUT2D eigenvalue weighted by Crippen LogP contribution is -2.02. The Balaban J connectivity index is 3.04. The second-order valence-electron chi connectivity index (χ2n) is 2.80. The van der Waals surface area contributed by atoms with Crippen molar-refractivity contribution in [1.29, 1.82) is 0 Å². The molecule has 2 nitrogen and oxygen atoms in total. The summed E-state index contributed by atoms with van der Waals surface area (Å²) in [5, 5.41) is 0. The molecule has 0 aromatic heterocycles. The zero-order valence-electron chi connectivity index (χ0n) is 7.92. The normalized spacial score (nSPS) is 9.57. The molecule has 0 spiro atoms. The van der Waals surface area contributed by atoms with Crippen LogP contribution in [-0.2, 0) is 10.7 Å². The van der Waals surface area contributed by atoms with Crippen molar-refractivity contribution >= 4 is 23.6 Å². The molecule has 0 bridgehead atoms. The Morgan fingerprint density at radius 2 is 2.36 bits per heavy atom. The Kier molecular flexibility index (Phi) is 3.72. The van der Waals surface area contributed by atoms with Gasteiger partial charge in [0, 0.05) is 18.4 Å². The number of ether oxygens (including phenoxy) is 1. The molecule has 0 N–H and O–H groups in total. The predicted molar refractivity (Wildman–Crippen MR) is 57.4 cm³/mol. The van der Waals surface area contributed by atoms with Gasteiger partial charge in [-0.2, -0.15) is 0 Å². The lowest BCUT2D eigenvalue weighted by atomic mass is 10.1. The van der Waals surface area contributed by atoms with Crippen LogP contribution in [0.4, 0.5) is 0 Å². The number of carbonyl (C=O) groups excluding carboxylic acids is 1. The molecule has 0 radical (unpaired) electrons. The quantitative estimate of drug-likeness (QED) is 0.436. The number of hydrogen-bond donors (Lipinski definition) is 0. The van der Waals surface area contributed by atoms with E-state index < -0.39 is 0 Å². The van der Waals surface area contributed by atoms with E-state index in [9.17, 15) is 4.79 Å². The van der Waals surface area contributed by atoms with Crippen LogP contribution in [-0.4, -0.2) is 5.97 Å². The van der Waals surface area contributed by atoms with Crippen LogP contribution in [0.5, 0.6) is 5.75 Å². The van der Waals surface area contributed by atoms with E-state index in [1.54, 1.807) is 12.1 Å². The SMILES string of the molecule is C=Cc1cc(CCl)ccc1OC(C)=O. The molecule has 0 fully saturated rings. The first-order chi connectivity index (χ1) is 6.67. The van der Waals surface area contributed by atoms with Gasteiger partial charge in [0.2, 0.25) is 0 Å². The molecular formula is C11H11ClO2. The van der Waals surface area contributed by atoms with Crippen LogP contribution < -0.4 is 4.74 Å². The van der Waals surface area contributed by atoms with Crippen molar-refractivity contribution in [3.8, 4) is 5.75 Å². The summed E-state index contributed by atoms with van der Waals surface area (Å²) in [7, 11) is 0. The molecule has 0 unspecified atom stereocenters. The van der Waals surface area contributed by atoms with Gasteiger partial charge in [0.05, 0.1) is 0 Å². The highest BCUT2D eigenvalue weighted by molar-refractivity contribution is 6.17. The molecule has 1 aromatic carbocycles. The number of alkyl halides is 1. The highest BCUT2D eigenvalue weighted by Crippen LogP contribution is 2.22. The van der Waals surface area contributed by atoms with E-state index in [2.05, 4.69) is 6.58 Å². The van der Waals surface area contributed by atoms with E-state index in [0.29, 0.717) is 11.6 Å². The van der Waals surface area contributed by atoms with Crippen LogP contribution in [0.15, 0.2) is 24.8 Å². The van der Waals surface area contributed by atoms with Gasteiger partial charge in [0.15, 0.2) is 0 Å². The first-order valence-electron chi connectivity index (χ1n) is 4.17. The second-order valence-corrected chi connectivity index (χ2v) is 3.07. The Morgan fingerprint density at radius 3 is 2.86 bits per heavy atom. The van der Waals surface area contributed by atoms with E-state index in [0.717, 1.165) is 11.1 Å². The summed E-state index contributed by atoms with van der Waals surface area (Å²) >= 11 is 5.67. The van der Waals surface area contributed by atoms with E-state index in [4.69, 9.17) is 16.3 Å². The maximum atomic E-state index is 10.8. The third-order valence-electron chi connectivity index (χ3n) is 1.70. The Labute approximate surface area is 88.1 Å². The number of hydrogen-bond acceptors (Lipinski definition) is 2. The monoisotopic (exact) mass is 210 g/mol. The van der Waals surface area contributed by atoms with E-state index in [-0.39, 0.29) is 5.97 Å². The first-order valence-corrected chi connectivity index (χ1v) is 4.70. The van der Waals surface area contributed by atoms with Crippen LogP contribution in [0.25, 0.3) is 6.08 Å². The third-order valence-corrected chi connectivity index (χ3v) is 2.01. The van der Waals surface area contributed by atoms with Crippen LogP contribution >= 0.6 is 11.6 Å². The summed E-state index contributed by atoms with van der Waals surface area (Å²) in [5.41, 5.74) is 1.75. The maximum Gasteiger partial charge on any atom is 0.308 e. The fraction of sp³-hybridized carbons (Fsp3) is 0.182. The highest BCUT2D eigenvalue weighted by atomic mass is 35.5. The minimum Gasteiger partial charge on any atom is -0.426 e. The highest BCUT2D eigenvalue weighted by Gasteiger charge is 2.04. The van der Waals surface area contributed by atoms with E-state index in [1.165, 1.54) is 6.92 Å². The number of halogens is 1. The Morgan fingerprint density at radius 1 is 1.64 bits per heavy atom. The minimum absolute atomic E-state index is 0.341. The molecule has 1 rings (SSSR count). The minimum atomic E-state index is -0.341. The van der Waals surface area contributed by atoms with Crippen molar-refractivity contribution in [2.75, 3.05) is 0 Å². The topological polar surface area (TPSA) is 26.3 Å². The van der Waals surface area contributed by atoms with Crippen molar-refractivity contribution in [3.63, 3.8) is 0 Å². The molecule has 0 saturated carbocycles. The average Bonchev–Trinajstić information content (AvgIpc) is 2.17. The van der Waals surface area contributed by atoms with Gasteiger partial charge in [-0.1, -0.05) is 18.7 Å². The molecule has 1 aromatic rings. The molecule has 74 valence electrons. The van der Waals surface area contributed by atoms with Crippen LogP contribution in [0.2, 0.25) is 0 Å². The van der Waals surface area contributed by atoms with Gasteiger partial charge in [-0.05, 0) is 17.7 Å². The molecule has 0 aliphatic heterocycles. The Bertz CT molecular complexity index is 358. The fourth-order valence-electron chi connectivity index (χ4n) is 1.09. The lowest BCUT2D eigenvalue weighted by molar-refractivity contribution is -0.131. The van der Waals surface area contributed by atoms with Gasteiger partial charge in [-0.3, -0.25) is 4.79 Å². The van der Waals surface area contributed by atoms with Crippen LogP contribution in [0, 0.1) is 0 Å². The van der Waals surface area contributed by atoms with E-state index >= 15 is 0 Å². The summed E-state index contributed by atoms with van der Waals surface area (Å²) in [6.07, 6.45) is 1.63. The Hall–Kier alpha value is -1.28. The predicted octanol–water partition coefficient (Wildman–Crippen LogP) is 2.99. The number of esters is 1. The summed E-state index contributed by atoms with van der Waals surface area (Å²) < 4.78 is 4.98. The molecule has 3 heteroatoms. The fourth-order valence-corrected chi connectivity index (χ4v) is 1.25. The van der Waals surface area contributed by atoms with Crippen molar-refractivity contribution in [2.45, 2.75) is 12.8 Å². The summed E-state index contributed by atoms with van der Waals surface area (Å²) in [6, 6.07) is 5.38. The average molecular weight is 211 g/mol. The van der Waals surface area contributed by atoms with Crippen molar-refractivity contribution in [1.82, 2.24) is 0 Å². The van der Waals surface area contributed by atoms with Crippen molar-refractivity contribution in [3.05, 3.63) is 35.9 Å². The van der Waals surface area contributed by atoms with Crippen LogP contribution in [0.3, 0.4) is 0 Å². The summed E-state index contributed by atoms with van der Waals surface area (Å²) in [5.74, 6) is 0.606.